The van der Waals surface area contributed by atoms with E-state index in [1.54, 1.807) is 13.8 Å². The van der Waals surface area contributed by atoms with Gasteiger partial charge in [-0.05, 0) is 32.1 Å². The number of halogens is 1. The molecule has 0 spiro atoms. The number of nitrogens with one attached hydrogen (secondary N) is 1. The van der Waals surface area contributed by atoms with Crippen LogP contribution in [0.15, 0.2) is 0 Å². The second kappa shape index (κ2) is 5.15. The fourth-order valence-corrected chi connectivity index (χ4v) is 3.50. The lowest BCUT2D eigenvalue weighted by molar-refractivity contribution is 0.347. The van der Waals surface area contributed by atoms with Crippen molar-refractivity contribution in [1.82, 2.24) is 4.72 Å². The van der Waals surface area contributed by atoms with E-state index in [0.29, 0.717) is 6.54 Å². The Labute approximate surface area is 101 Å². The van der Waals surface area contributed by atoms with Crippen LogP contribution < -0.4 is 4.72 Å². The summed E-state index contributed by atoms with van der Waals surface area (Å²) in [5.74, 6) is 0. The molecule has 0 saturated heterocycles. The standard InChI is InChI=1S/C10H20BrNO2S/c1-9(2)15(13,14)12-8-10(7-11)5-3-4-6-10/h9,12H,3-8H2,1-2H3. The quantitative estimate of drug-likeness (QED) is 0.791. The zero-order valence-corrected chi connectivity index (χ0v) is 11.8. The number of hydrogen-bond acceptors (Lipinski definition) is 2. The number of hydrogen-bond donors (Lipinski definition) is 1. The van der Waals surface area contributed by atoms with Crippen molar-refractivity contribution in [3.05, 3.63) is 0 Å². The topological polar surface area (TPSA) is 46.2 Å². The Morgan fingerprint density at radius 2 is 1.87 bits per heavy atom. The minimum atomic E-state index is -3.10. The van der Waals surface area contributed by atoms with Crippen molar-refractivity contribution >= 4 is 26.0 Å². The van der Waals surface area contributed by atoms with Crippen LogP contribution in [0.25, 0.3) is 0 Å². The van der Waals surface area contributed by atoms with Gasteiger partial charge < -0.3 is 0 Å². The van der Waals surface area contributed by atoms with Crippen molar-refractivity contribution in [2.24, 2.45) is 5.41 Å². The molecule has 0 radical (unpaired) electrons. The minimum absolute atomic E-state index is 0.155. The maximum absolute atomic E-state index is 11.6. The Kier molecular flexibility index (Phi) is 4.62. The zero-order chi connectivity index (χ0) is 11.5. The summed E-state index contributed by atoms with van der Waals surface area (Å²) >= 11 is 3.50. The second-order valence-corrected chi connectivity index (χ2v) is 7.64. The fraction of sp³-hybridized carbons (Fsp3) is 1.00. The minimum Gasteiger partial charge on any atom is -0.214 e. The van der Waals surface area contributed by atoms with Crippen LogP contribution in [0, 0.1) is 5.41 Å². The van der Waals surface area contributed by atoms with Gasteiger partial charge in [0.2, 0.25) is 10.0 Å². The van der Waals surface area contributed by atoms with Crippen LogP contribution in [-0.4, -0.2) is 25.5 Å². The maximum Gasteiger partial charge on any atom is 0.213 e. The highest BCUT2D eigenvalue weighted by atomic mass is 79.9. The third-order valence-electron chi connectivity index (χ3n) is 3.22. The van der Waals surface area contributed by atoms with E-state index in [1.807, 2.05) is 0 Å². The van der Waals surface area contributed by atoms with E-state index < -0.39 is 10.0 Å². The summed E-state index contributed by atoms with van der Waals surface area (Å²) in [6.45, 7) is 3.99. The number of sulfonamides is 1. The predicted molar refractivity (Wildman–Crippen MR) is 66.8 cm³/mol. The van der Waals surface area contributed by atoms with E-state index >= 15 is 0 Å². The Hall–Kier alpha value is 0.390. The molecule has 1 fully saturated rings. The first kappa shape index (κ1) is 13.5. The highest BCUT2D eigenvalue weighted by Crippen LogP contribution is 2.39. The van der Waals surface area contributed by atoms with Gasteiger partial charge in [-0.15, -0.1) is 0 Å². The molecule has 0 aromatic carbocycles. The molecule has 1 N–H and O–H groups in total. The predicted octanol–water partition coefficient (Wildman–Crippen LogP) is 2.27. The van der Waals surface area contributed by atoms with Gasteiger partial charge in [-0.1, -0.05) is 28.8 Å². The summed E-state index contributed by atoms with van der Waals surface area (Å²) in [5.41, 5.74) is 0.155. The Bertz CT molecular complexity index is 295. The van der Waals surface area contributed by atoms with Gasteiger partial charge in [-0.25, -0.2) is 13.1 Å². The summed E-state index contributed by atoms with van der Waals surface area (Å²) < 4.78 is 26.0. The average molecular weight is 298 g/mol. The molecule has 0 heterocycles. The third-order valence-corrected chi connectivity index (χ3v) is 6.19. The highest BCUT2D eigenvalue weighted by molar-refractivity contribution is 9.09. The molecule has 0 unspecified atom stereocenters. The van der Waals surface area contributed by atoms with Crippen molar-refractivity contribution in [2.45, 2.75) is 44.8 Å². The smallest absolute Gasteiger partial charge is 0.213 e. The number of alkyl halides is 1. The Morgan fingerprint density at radius 3 is 2.27 bits per heavy atom. The van der Waals surface area contributed by atoms with Crippen molar-refractivity contribution in [2.75, 3.05) is 11.9 Å². The van der Waals surface area contributed by atoms with Gasteiger partial charge in [0.15, 0.2) is 0 Å². The lowest BCUT2D eigenvalue weighted by Gasteiger charge is -2.27. The molecular weight excluding hydrogens is 278 g/mol. The van der Waals surface area contributed by atoms with Crippen molar-refractivity contribution < 1.29 is 8.42 Å². The van der Waals surface area contributed by atoms with Crippen molar-refractivity contribution in [3.8, 4) is 0 Å². The van der Waals surface area contributed by atoms with E-state index in [0.717, 1.165) is 18.2 Å². The molecule has 1 rings (SSSR count). The Balaban J connectivity index is 2.55. The average Bonchev–Trinajstić information content (AvgIpc) is 2.64. The molecule has 0 amide bonds. The monoisotopic (exact) mass is 297 g/mol. The lowest BCUT2D eigenvalue weighted by atomic mass is 9.89. The summed E-state index contributed by atoms with van der Waals surface area (Å²) in [6.07, 6.45) is 4.68. The lowest BCUT2D eigenvalue weighted by Crippen LogP contribution is -2.40. The molecule has 0 bridgehead atoms. The molecular formula is C10H20BrNO2S. The van der Waals surface area contributed by atoms with Gasteiger partial charge in [-0.3, -0.25) is 0 Å². The maximum atomic E-state index is 11.6. The van der Waals surface area contributed by atoms with Gasteiger partial charge in [0.1, 0.15) is 0 Å². The van der Waals surface area contributed by atoms with Crippen molar-refractivity contribution in [1.29, 1.82) is 0 Å². The van der Waals surface area contributed by atoms with Gasteiger partial charge in [0.05, 0.1) is 5.25 Å². The van der Waals surface area contributed by atoms with Gasteiger partial charge in [0, 0.05) is 11.9 Å². The fourth-order valence-electron chi connectivity index (χ4n) is 1.90. The van der Waals surface area contributed by atoms with E-state index in [1.165, 1.54) is 12.8 Å². The van der Waals surface area contributed by atoms with Crippen LogP contribution in [0.3, 0.4) is 0 Å². The van der Waals surface area contributed by atoms with E-state index in [-0.39, 0.29) is 10.7 Å². The molecule has 1 aliphatic rings. The first-order valence-corrected chi connectivity index (χ1v) is 8.13. The normalized spacial score (nSPS) is 21.1. The molecule has 5 heteroatoms. The Morgan fingerprint density at radius 1 is 1.33 bits per heavy atom. The van der Waals surface area contributed by atoms with Crippen LogP contribution in [0.5, 0.6) is 0 Å². The SMILES string of the molecule is CC(C)S(=O)(=O)NCC1(CBr)CCCC1. The summed E-state index contributed by atoms with van der Waals surface area (Å²) in [4.78, 5) is 0. The van der Waals surface area contributed by atoms with Crippen LogP contribution in [0.1, 0.15) is 39.5 Å². The van der Waals surface area contributed by atoms with Gasteiger partial charge >= 0.3 is 0 Å². The van der Waals surface area contributed by atoms with Crippen LogP contribution in [0.2, 0.25) is 0 Å². The van der Waals surface area contributed by atoms with Crippen LogP contribution in [0.4, 0.5) is 0 Å². The number of rotatable bonds is 5. The largest absolute Gasteiger partial charge is 0.214 e. The van der Waals surface area contributed by atoms with E-state index in [4.69, 9.17) is 0 Å². The van der Waals surface area contributed by atoms with Crippen molar-refractivity contribution in [3.63, 3.8) is 0 Å². The molecule has 0 aromatic heterocycles. The molecule has 1 aliphatic carbocycles. The van der Waals surface area contributed by atoms with Crippen LogP contribution >= 0.6 is 15.9 Å². The zero-order valence-electron chi connectivity index (χ0n) is 9.42. The highest BCUT2D eigenvalue weighted by Gasteiger charge is 2.34. The molecule has 90 valence electrons. The second-order valence-electron chi connectivity index (χ2n) is 4.76. The van der Waals surface area contributed by atoms with Gasteiger partial charge in [-0.2, -0.15) is 0 Å². The molecule has 0 aromatic rings. The molecule has 15 heavy (non-hydrogen) atoms. The molecule has 1 saturated carbocycles. The molecule has 0 aliphatic heterocycles. The van der Waals surface area contributed by atoms with Gasteiger partial charge in [0.25, 0.3) is 0 Å². The van der Waals surface area contributed by atoms with E-state index in [2.05, 4.69) is 20.7 Å². The van der Waals surface area contributed by atoms with Crippen LogP contribution in [-0.2, 0) is 10.0 Å². The molecule has 0 atom stereocenters. The summed E-state index contributed by atoms with van der Waals surface area (Å²) in [5, 5.41) is 0.548. The third kappa shape index (κ3) is 3.43. The summed E-state index contributed by atoms with van der Waals surface area (Å²) in [6, 6.07) is 0. The van der Waals surface area contributed by atoms with E-state index in [9.17, 15) is 8.42 Å². The summed E-state index contributed by atoms with van der Waals surface area (Å²) in [7, 11) is -3.10. The molecule has 3 nitrogen and oxygen atoms in total. The first-order valence-electron chi connectivity index (χ1n) is 5.46. The first-order chi connectivity index (χ1) is 6.92.